The SMILES string of the molecule is COc1nc(-n2nccn2)c(C(F)(F)F)cc1NC(=O)Nc1cnc2sc(C)nc2c1C(OC)C1CC1. The smallest absolute Gasteiger partial charge is 0.420 e. The fourth-order valence-electron chi connectivity index (χ4n) is 4.03. The van der Waals surface area contributed by atoms with Gasteiger partial charge < -0.3 is 20.1 Å². The highest BCUT2D eigenvalue weighted by atomic mass is 32.1. The van der Waals surface area contributed by atoms with Crippen molar-refractivity contribution in [2.75, 3.05) is 24.9 Å². The van der Waals surface area contributed by atoms with E-state index in [0.29, 0.717) is 21.6 Å². The summed E-state index contributed by atoms with van der Waals surface area (Å²) in [6.45, 7) is 1.86. The Morgan fingerprint density at radius 3 is 2.49 bits per heavy atom. The van der Waals surface area contributed by atoms with Crippen molar-refractivity contribution in [1.82, 2.24) is 29.9 Å². The highest BCUT2D eigenvalue weighted by molar-refractivity contribution is 7.18. The molecule has 5 rings (SSSR count). The molecule has 15 heteroatoms. The second-order valence-electron chi connectivity index (χ2n) is 8.28. The number of urea groups is 1. The number of fused-ring (bicyclic) bond motifs is 1. The van der Waals surface area contributed by atoms with Gasteiger partial charge in [-0.25, -0.2) is 14.8 Å². The zero-order valence-electron chi connectivity index (χ0n) is 19.8. The number of anilines is 2. The summed E-state index contributed by atoms with van der Waals surface area (Å²) in [7, 11) is 2.81. The van der Waals surface area contributed by atoms with Crippen LogP contribution in [0.4, 0.5) is 29.3 Å². The predicted octanol–water partition coefficient (Wildman–Crippen LogP) is 4.74. The number of amides is 2. The Hall–Kier alpha value is -3.85. The number of carbonyl (C=O) groups excluding carboxylic acids is 1. The molecule has 1 aliphatic carbocycles. The van der Waals surface area contributed by atoms with Crippen molar-refractivity contribution in [3.63, 3.8) is 0 Å². The van der Waals surface area contributed by atoms with Crippen LogP contribution in [-0.2, 0) is 10.9 Å². The van der Waals surface area contributed by atoms with E-state index in [1.807, 2.05) is 6.92 Å². The monoisotopic (exact) mass is 534 g/mol. The zero-order chi connectivity index (χ0) is 26.3. The van der Waals surface area contributed by atoms with Crippen molar-refractivity contribution in [2.45, 2.75) is 32.0 Å². The maximum atomic E-state index is 13.8. The number of ether oxygens (including phenoxy) is 2. The van der Waals surface area contributed by atoms with E-state index in [2.05, 4.69) is 35.8 Å². The first kappa shape index (κ1) is 24.8. The minimum absolute atomic E-state index is 0.257. The van der Waals surface area contributed by atoms with E-state index in [-0.39, 0.29) is 23.6 Å². The maximum absolute atomic E-state index is 13.8. The number of nitrogens with zero attached hydrogens (tertiary/aromatic N) is 6. The summed E-state index contributed by atoms with van der Waals surface area (Å²) >= 11 is 1.42. The molecule has 0 aliphatic heterocycles. The molecule has 2 N–H and O–H groups in total. The fourth-order valence-corrected chi connectivity index (χ4v) is 4.80. The molecule has 1 unspecified atom stereocenters. The van der Waals surface area contributed by atoms with Crippen molar-refractivity contribution < 1.29 is 27.4 Å². The number of pyridine rings is 2. The Morgan fingerprint density at radius 2 is 1.86 bits per heavy atom. The van der Waals surface area contributed by atoms with Crippen molar-refractivity contribution >= 4 is 39.1 Å². The standard InChI is InChI=1S/C22H21F3N8O3S/c1-10-29-16-15(17(35-2)11-4-5-11)14(9-26-20(16)37-10)31-21(34)30-13-8-12(22(23,24)25)18(32-19(13)36-3)33-27-6-7-28-33/h6-9,11,17H,4-5H2,1-3H3,(H2,30,31,34). The number of rotatable bonds is 7. The number of halogens is 3. The topological polar surface area (TPSA) is 129 Å². The molecule has 0 aromatic carbocycles. The lowest BCUT2D eigenvalue weighted by Gasteiger charge is -2.20. The van der Waals surface area contributed by atoms with E-state index in [1.54, 1.807) is 7.11 Å². The van der Waals surface area contributed by atoms with E-state index in [0.717, 1.165) is 28.7 Å². The number of nitrogens with one attached hydrogen (secondary N) is 2. The number of methoxy groups -OCH3 is 2. The van der Waals surface area contributed by atoms with Crippen molar-refractivity contribution in [3.8, 4) is 11.7 Å². The molecular formula is C22H21F3N8O3S. The molecule has 0 spiro atoms. The molecule has 1 fully saturated rings. The highest BCUT2D eigenvalue weighted by Crippen LogP contribution is 2.47. The number of hydrogen-bond donors (Lipinski definition) is 2. The van der Waals surface area contributed by atoms with Gasteiger partial charge >= 0.3 is 12.2 Å². The van der Waals surface area contributed by atoms with Gasteiger partial charge in [-0.1, -0.05) is 11.3 Å². The molecule has 194 valence electrons. The van der Waals surface area contributed by atoms with Crippen LogP contribution in [0.15, 0.2) is 24.7 Å². The van der Waals surface area contributed by atoms with Gasteiger partial charge in [-0.05, 0) is 31.7 Å². The first-order chi connectivity index (χ1) is 17.7. The van der Waals surface area contributed by atoms with Crippen LogP contribution in [0.1, 0.15) is 35.1 Å². The summed E-state index contributed by atoms with van der Waals surface area (Å²) in [4.78, 5) is 27.3. The average Bonchev–Trinajstić information content (AvgIpc) is 3.38. The van der Waals surface area contributed by atoms with Gasteiger partial charge in [0, 0.05) is 12.7 Å². The van der Waals surface area contributed by atoms with E-state index < -0.39 is 23.6 Å². The van der Waals surface area contributed by atoms with Gasteiger partial charge in [0.25, 0.3) is 0 Å². The third-order valence-electron chi connectivity index (χ3n) is 5.73. The second-order valence-corrected chi connectivity index (χ2v) is 9.46. The van der Waals surface area contributed by atoms with E-state index in [4.69, 9.17) is 9.47 Å². The molecule has 2 amide bonds. The lowest BCUT2D eigenvalue weighted by Crippen LogP contribution is -2.23. The van der Waals surface area contributed by atoms with Crippen LogP contribution in [0.2, 0.25) is 0 Å². The normalized spacial score (nSPS) is 14.5. The highest BCUT2D eigenvalue weighted by Gasteiger charge is 2.38. The van der Waals surface area contributed by atoms with Crippen LogP contribution in [0.3, 0.4) is 0 Å². The van der Waals surface area contributed by atoms with Crippen molar-refractivity contribution in [2.24, 2.45) is 5.92 Å². The summed E-state index contributed by atoms with van der Waals surface area (Å²) in [5, 5.41) is 13.3. The number of carbonyl (C=O) groups is 1. The molecular weight excluding hydrogens is 513 g/mol. The summed E-state index contributed by atoms with van der Waals surface area (Å²) < 4.78 is 52.4. The molecule has 1 saturated carbocycles. The van der Waals surface area contributed by atoms with E-state index in [1.165, 1.54) is 37.0 Å². The Balaban J connectivity index is 1.50. The minimum atomic E-state index is -4.81. The van der Waals surface area contributed by atoms with Gasteiger partial charge in [0.15, 0.2) is 5.82 Å². The van der Waals surface area contributed by atoms with E-state index in [9.17, 15) is 18.0 Å². The minimum Gasteiger partial charge on any atom is -0.479 e. The van der Waals surface area contributed by atoms with Crippen LogP contribution < -0.4 is 15.4 Å². The molecule has 1 atom stereocenters. The number of thiazole rings is 1. The van der Waals surface area contributed by atoms with Crippen molar-refractivity contribution in [3.05, 3.63) is 40.8 Å². The number of aryl methyl sites for hydroxylation is 1. The van der Waals surface area contributed by atoms with Crippen LogP contribution in [0, 0.1) is 12.8 Å². The first-order valence-electron chi connectivity index (χ1n) is 11.1. The van der Waals surface area contributed by atoms with Gasteiger partial charge in [0.05, 0.1) is 42.5 Å². The quantitative estimate of drug-likeness (QED) is 0.348. The molecule has 37 heavy (non-hydrogen) atoms. The van der Waals surface area contributed by atoms with Gasteiger partial charge in [-0.15, -0.1) is 4.80 Å². The Kier molecular flexibility index (Phi) is 6.41. The van der Waals surface area contributed by atoms with Crippen LogP contribution >= 0.6 is 11.3 Å². The summed E-state index contributed by atoms with van der Waals surface area (Å²) in [5.74, 6) is -0.584. The van der Waals surface area contributed by atoms with Gasteiger partial charge in [0.1, 0.15) is 21.6 Å². The molecule has 0 saturated heterocycles. The van der Waals surface area contributed by atoms with Crippen LogP contribution in [-0.4, -0.2) is 50.2 Å². The number of aromatic nitrogens is 6. The summed E-state index contributed by atoms with van der Waals surface area (Å²) in [6.07, 6.45) is 0.734. The molecule has 0 bridgehead atoms. The molecule has 4 aromatic rings. The second kappa shape index (κ2) is 9.55. The van der Waals surface area contributed by atoms with Gasteiger partial charge in [-0.3, -0.25) is 0 Å². The number of alkyl halides is 3. The van der Waals surface area contributed by atoms with Gasteiger partial charge in [-0.2, -0.15) is 28.4 Å². The number of hydrogen-bond acceptors (Lipinski definition) is 9. The zero-order valence-corrected chi connectivity index (χ0v) is 20.6. The summed E-state index contributed by atoms with van der Waals surface area (Å²) in [6, 6.07) is -0.100. The molecule has 4 aromatic heterocycles. The third-order valence-corrected chi connectivity index (χ3v) is 6.61. The summed E-state index contributed by atoms with van der Waals surface area (Å²) in [5.41, 5.74) is 0.183. The van der Waals surface area contributed by atoms with Gasteiger partial charge in [0.2, 0.25) is 5.88 Å². The van der Waals surface area contributed by atoms with Crippen LogP contribution in [0.25, 0.3) is 16.2 Å². The largest absolute Gasteiger partial charge is 0.479 e. The Bertz CT molecular complexity index is 1450. The first-order valence-corrected chi connectivity index (χ1v) is 11.9. The van der Waals surface area contributed by atoms with E-state index >= 15 is 0 Å². The molecule has 0 radical (unpaired) electrons. The molecule has 1 aliphatic rings. The lowest BCUT2D eigenvalue weighted by atomic mass is 10.0. The third kappa shape index (κ3) is 4.91. The molecule has 4 heterocycles. The Labute approximate surface area is 212 Å². The fraction of sp³-hybridized carbons (Fsp3) is 0.364. The molecule has 11 nitrogen and oxygen atoms in total. The Morgan fingerprint density at radius 1 is 1.16 bits per heavy atom. The van der Waals surface area contributed by atoms with Crippen molar-refractivity contribution in [1.29, 1.82) is 0 Å². The average molecular weight is 535 g/mol. The lowest BCUT2D eigenvalue weighted by molar-refractivity contribution is -0.137. The predicted molar refractivity (Wildman–Crippen MR) is 128 cm³/mol. The van der Waals surface area contributed by atoms with Crippen LogP contribution in [0.5, 0.6) is 5.88 Å². The maximum Gasteiger partial charge on any atom is 0.420 e.